The number of carbonyl (C=O) groups excluding carboxylic acids is 1. The first-order chi connectivity index (χ1) is 11.7. The summed E-state index contributed by atoms with van der Waals surface area (Å²) in [5.41, 5.74) is 1.74. The van der Waals surface area contributed by atoms with Gasteiger partial charge in [-0.15, -0.1) is 0 Å². The van der Waals surface area contributed by atoms with Gasteiger partial charge in [-0.1, -0.05) is 18.2 Å². The minimum Gasteiger partial charge on any atom is -0.508 e. The Hall–Kier alpha value is -3.34. The van der Waals surface area contributed by atoms with E-state index in [1.54, 1.807) is 19.3 Å². The first-order valence-electron chi connectivity index (χ1n) is 7.37. The molecule has 0 spiro atoms. The Morgan fingerprint density at radius 2 is 2.04 bits per heavy atom. The van der Waals surface area contributed by atoms with E-state index < -0.39 is 0 Å². The molecule has 5 heteroatoms. The summed E-state index contributed by atoms with van der Waals surface area (Å²) in [6, 6.07) is 13.8. The lowest BCUT2D eigenvalue weighted by Gasteiger charge is -2.05. The molecule has 4 rings (SSSR count). The third-order valence-electron chi connectivity index (χ3n) is 3.86. The van der Waals surface area contributed by atoms with Crippen molar-refractivity contribution in [1.82, 2.24) is 4.98 Å². The molecule has 0 atom stereocenters. The van der Waals surface area contributed by atoms with Gasteiger partial charge < -0.3 is 14.6 Å². The number of methoxy groups -OCH3 is 1. The molecule has 0 saturated carbocycles. The summed E-state index contributed by atoms with van der Waals surface area (Å²) in [5.74, 6) is 1.02. The van der Waals surface area contributed by atoms with Gasteiger partial charge in [0.25, 0.3) is 0 Å². The van der Waals surface area contributed by atoms with Crippen LogP contribution in [0.3, 0.4) is 0 Å². The monoisotopic (exact) mass is 319 g/mol. The largest absolute Gasteiger partial charge is 0.508 e. The Kier molecular flexibility index (Phi) is 3.20. The summed E-state index contributed by atoms with van der Waals surface area (Å²) in [6.07, 6.45) is 1.59. The summed E-state index contributed by atoms with van der Waals surface area (Å²) in [6.45, 7) is 0. The number of ether oxygens (including phenoxy) is 2. The zero-order chi connectivity index (χ0) is 16.7. The van der Waals surface area contributed by atoms with Crippen molar-refractivity contribution in [3.8, 4) is 17.2 Å². The summed E-state index contributed by atoms with van der Waals surface area (Å²) < 4.78 is 10.9. The maximum Gasteiger partial charge on any atom is 0.232 e. The van der Waals surface area contributed by atoms with Crippen LogP contribution in [-0.2, 0) is 0 Å². The molecular formula is C19H13NO4. The number of fused-ring (bicyclic) bond motifs is 2. The summed E-state index contributed by atoms with van der Waals surface area (Å²) >= 11 is 0. The van der Waals surface area contributed by atoms with Gasteiger partial charge in [0.1, 0.15) is 22.8 Å². The van der Waals surface area contributed by atoms with E-state index >= 15 is 0 Å². The SMILES string of the molecule is COc1cccc2ccc(C=C3Oc4cc(O)ccc4C3=O)nc12. The highest BCUT2D eigenvalue weighted by Gasteiger charge is 2.27. The maximum absolute atomic E-state index is 12.4. The molecule has 24 heavy (non-hydrogen) atoms. The first kappa shape index (κ1) is 14.3. The molecule has 0 radical (unpaired) electrons. The Morgan fingerprint density at radius 3 is 2.88 bits per heavy atom. The molecule has 5 nitrogen and oxygen atoms in total. The Labute approximate surface area is 137 Å². The average molecular weight is 319 g/mol. The average Bonchev–Trinajstić information content (AvgIpc) is 2.89. The number of ketones is 1. The minimum absolute atomic E-state index is 0.0522. The van der Waals surface area contributed by atoms with Crippen LogP contribution in [0.2, 0.25) is 0 Å². The molecule has 1 N–H and O–H groups in total. The van der Waals surface area contributed by atoms with E-state index in [0.717, 1.165) is 10.9 Å². The van der Waals surface area contributed by atoms with E-state index in [1.807, 2.05) is 30.3 Å². The van der Waals surface area contributed by atoms with Gasteiger partial charge in [0.2, 0.25) is 5.78 Å². The van der Waals surface area contributed by atoms with Gasteiger partial charge in [-0.2, -0.15) is 0 Å². The Bertz CT molecular complexity index is 1010. The van der Waals surface area contributed by atoms with Crippen molar-refractivity contribution >= 4 is 22.8 Å². The smallest absolute Gasteiger partial charge is 0.232 e. The number of aromatic hydroxyl groups is 1. The highest BCUT2D eigenvalue weighted by atomic mass is 16.5. The molecule has 1 aliphatic rings. The normalized spacial score (nSPS) is 14.7. The molecule has 1 aromatic heterocycles. The second kappa shape index (κ2) is 5.38. The Morgan fingerprint density at radius 1 is 1.17 bits per heavy atom. The molecule has 1 aliphatic heterocycles. The second-order valence-corrected chi connectivity index (χ2v) is 5.39. The lowest BCUT2D eigenvalue weighted by atomic mass is 10.1. The van der Waals surface area contributed by atoms with Crippen molar-refractivity contribution in [1.29, 1.82) is 0 Å². The van der Waals surface area contributed by atoms with Crippen LogP contribution in [-0.4, -0.2) is 23.0 Å². The molecule has 0 fully saturated rings. The number of phenolic OH excluding ortho intramolecular Hbond substituents is 1. The molecule has 118 valence electrons. The van der Waals surface area contributed by atoms with Crippen molar-refractivity contribution in [2.24, 2.45) is 0 Å². The number of allylic oxidation sites excluding steroid dienone is 1. The number of benzene rings is 2. The van der Waals surface area contributed by atoms with Crippen molar-refractivity contribution < 1.29 is 19.4 Å². The van der Waals surface area contributed by atoms with Crippen LogP contribution in [0.15, 0.2) is 54.3 Å². The lowest BCUT2D eigenvalue weighted by Crippen LogP contribution is -1.99. The number of carbonyl (C=O) groups is 1. The molecule has 2 heterocycles. The number of para-hydroxylation sites is 1. The van der Waals surface area contributed by atoms with Crippen molar-refractivity contribution in [2.45, 2.75) is 0 Å². The lowest BCUT2D eigenvalue weighted by molar-refractivity contribution is 0.101. The first-order valence-corrected chi connectivity index (χ1v) is 7.37. The number of pyridine rings is 1. The molecule has 3 aromatic rings. The number of Topliss-reactive ketones (excluding diaryl/α,β-unsaturated/α-hetero) is 1. The summed E-state index contributed by atoms with van der Waals surface area (Å²) in [7, 11) is 1.59. The van der Waals surface area contributed by atoms with Crippen LogP contribution in [0, 0.1) is 0 Å². The zero-order valence-electron chi connectivity index (χ0n) is 12.8. The predicted octanol–water partition coefficient (Wildman–Crippen LogP) is 3.57. The van der Waals surface area contributed by atoms with E-state index in [-0.39, 0.29) is 17.3 Å². The number of aromatic nitrogens is 1. The van der Waals surface area contributed by atoms with Crippen molar-refractivity contribution in [3.63, 3.8) is 0 Å². The van der Waals surface area contributed by atoms with Gasteiger partial charge in [-0.3, -0.25) is 4.79 Å². The van der Waals surface area contributed by atoms with Crippen molar-refractivity contribution in [2.75, 3.05) is 7.11 Å². The van der Waals surface area contributed by atoms with Gasteiger partial charge in [-0.05, 0) is 24.3 Å². The van der Waals surface area contributed by atoms with Crippen LogP contribution in [0.25, 0.3) is 17.0 Å². The number of phenols is 1. The fourth-order valence-corrected chi connectivity index (χ4v) is 2.69. The van der Waals surface area contributed by atoms with Gasteiger partial charge >= 0.3 is 0 Å². The molecule has 0 bridgehead atoms. The quantitative estimate of drug-likeness (QED) is 0.731. The van der Waals surface area contributed by atoms with Gasteiger partial charge in [0.15, 0.2) is 5.76 Å². The summed E-state index contributed by atoms with van der Waals surface area (Å²) in [4.78, 5) is 16.9. The Balaban J connectivity index is 1.77. The van der Waals surface area contributed by atoms with Crippen LogP contribution in [0.4, 0.5) is 0 Å². The predicted molar refractivity (Wildman–Crippen MR) is 89.3 cm³/mol. The van der Waals surface area contributed by atoms with Crippen molar-refractivity contribution in [3.05, 3.63) is 65.5 Å². The van der Waals surface area contributed by atoms with Crippen LogP contribution in [0.1, 0.15) is 16.1 Å². The number of nitrogens with zero attached hydrogens (tertiary/aromatic N) is 1. The second-order valence-electron chi connectivity index (χ2n) is 5.39. The third-order valence-corrected chi connectivity index (χ3v) is 3.86. The topological polar surface area (TPSA) is 68.7 Å². The van der Waals surface area contributed by atoms with Crippen LogP contribution in [0.5, 0.6) is 17.2 Å². The number of hydrogen-bond donors (Lipinski definition) is 1. The highest BCUT2D eigenvalue weighted by molar-refractivity contribution is 6.14. The highest BCUT2D eigenvalue weighted by Crippen LogP contribution is 2.34. The molecule has 0 saturated heterocycles. The molecule has 2 aromatic carbocycles. The summed E-state index contributed by atoms with van der Waals surface area (Å²) in [5, 5.41) is 10.4. The van der Waals surface area contributed by atoms with Crippen LogP contribution < -0.4 is 9.47 Å². The number of rotatable bonds is 2. The standard InChI is InChI=1S/C19H13NO4/c1-23-15-4-2-3-11-5-6-12(20-18(11)15)9-17-19(22)14-8-7-13(21)10-16(14)24-17/h2-10,21H,1H3. The molecular weight excluding hydrogens is 306 g/mol. The minimum atomic E-state index is -0.230. The maximum atomic E-state index is 12.4. The van der Waals surface area contributed by atoms with Crippen LogP contribution >= 0.6 is 0 Å². The van der Waals surface area contributed by atoms with Gasteiger partial charge in [-0.25, -0.2) is 4.98 Å². The fourth-order valence-electron chi connectivity index (χ4n) is 2.69. The molecule has 0 unspecified atom stereocenters. The zero-order valence-corrected chi connectivity index (χ0v) is 12.8. The van der Waals surface area contributed by atoms with E-state index in [9.17, 15) is 9.90 Å². The van der Waals surface area contributed by atoms with Gasteiger partial charge in [0.05, 0.1) is 18.4 Å². The van der Waals surface area contributed by atoms with Gasteiger partial charge in [0, 0.05) is 17.5 Å². The fraction of sp³-hybridized carbons (Fsp3) is 0.0526. The molecule has 0 amide bonds. The van der Waals surface area contributed by atoms with E-state index in [2.05, 4.69) is 4.98 Å². The van der Waals surface area contributed by atoms with E-state index in [0.29, 0.717) is 22.8 Å². The molecule has 0 aliphatic carbocycles. The number of hydrogen-bond acceptors (Lipinski definition) is 5. The van der Waals surface area contributed by atoms with E-state index in [4.69, 9.17) is 9.47 Å². The third kappa shape index (κ3) is 2.27. The van der Waals surface area contributed by atoms with E-state index in [1.165, 1.54) is 12.1 Å².